The Morgan fingerprint density at radius 3 is 2.48 bits per heavy atom. The standard InChI is InChI=1S/C19H26BrN5O3S/c1-19(2,3)22-18(27)25(11-12-28-4)10-9-15(26)21-17-24-23-16(29-17)13-5-7-14(20)8-6-13/h5-8H,9-12H2,1-4H3,(H,22,27)(H,21,24,26). The number of carbonyl (C=O) groups is 2. The topological polar surface area (TPSA) is 96.4 Å². The van der Waals surface area contributed by atoms with E-state index in [2.05, 4.69) is 36.8 Å². The molecule has 0 unspecified atom stereocenters. The predicted molar refractivity (Wildman–Crippen MR) is 118 cm³/mol. The zero-order valence-electron chi connectivity index (χ0n) is 17.0. The number of methoxy groups -OCH3 is 1. The fourth-order valence-corrected chi connectivity index (χ4v) is 3.35. The number of nitrogens with one attached hydrogen (secondary N) is 2. The predicted octanol–water partition coefficient (Wildman–Crippen LogP) is 3.75. The Labute approximate surface area is 183 Å². The van der Waals surface area contributed by atoms with E-state index in [0.717, 1.165) is 15.0 Å². The van der Waals surface area contributed by atoms with Gasteiger partial charge < -0.3 is 20.3 Å². The molecule has 3 amide bonds. The first-order valence-corrected chi connectivity index (χ1v) is 10.7. The van der Waals surface area contributed by atoms with Crippen LogP contribution >= 0.6 is 27.3 Å². The minimum Gasteiger partial charge on any atom is -0.383 e. The quantitative estimate of drug-likeness (QED) is 0.595. The molecule has 1 heterocycles. The number of aromatic nitrogens is 2. The summed E-state index contributed by atoms with van der Waals surface area (Å²) in [6.45, 7) is 6.79. The number of benzene rings is 1. The summed E-state index contributed by atoms with van der Waals surface area (Å²) in [6.07, 6.45) is 0.147. The second-order valence-electron chi connectivity index (χ2n) is 7.38. The van der Waals surface area contributed by atoms with Crippen molar-refractivity contribution < 1.29 is 14.3 Å². The second-order valence-corrected chi connectivity index (χ2v) is 9.27. The van der Waals surface area contributed by atoms with Crippen LogP contribution in [0.15, 0.2) is 28.7 Å². The third-order valence-electron chi connectivity index (χ3n) is 3.71. The molecule has 158 valence electrons. The number of nitrogens with zero attached hydrogens (tertiary/aromatic N) is 3. The summed E-state index contributed by atoms with van der Waals surface area (Å²) in [5.74, 6) is -0.227. The number of ether oxygens (including phenoxy) is 1. The first kappa shape index (κ1) is 23.2. The molecule has 0 spiro atoms. The third-order valence-corrected chi connectivity index (χ3v) is 5.12. The number of rotatable bonds is 8. The SMILES string of the molecule is COCCN(CCC(=O)Nc1nnc(-c2ccc(Br)cc2)s1)C(=O)NC(C)(C)C. The molecule has 10 heteroatoms. The summed E-state index contributed by atoms with van der Waals surface area (Å²) in [5, 5.41) is 14.9. The summed E-state index contributed by atoms with van der Waals surface area (Å²) < 4.78 is 6.04. The molecule has 2 rings (SSSR count). The summed E-state index contributed by atoms with van der Waals surface area (Å²) in [5.41, 5.74) is 0.566. The molecule has 1 aromatic carbocycles. The average molecular weight is 484 g/mol. The second kappa shape index (κ2) is 10.7. The van der Waals surface area contributed by atoms with Crippen molar-refractivity contribution in [3.8, 4) is 10.6 Å². The van der Waals surface area contributed by atoms with Crippen LogP contribution in [0.25, 0.3) is 10.6 Å². The van der Waals surface area contributed by atoms with Gasteiger partial charge in [0, 0.05) is 42.2 Å². The largest absolute Gasteiger partial charge is 0.383 e. The Hall–Kier alpha value is -2.04. The molecule has 2 N–H and O–H groups in total. The van der Waals surface area contributed by atoms with Crippen molar-refractivity contribution in [3.05, 3.63) is 28.7 Å². The van der Waals surface area contributed by atoms with Crippen LogP contribution in [0.4, 0.5) is 9.93 Å². The van der Waals surface area contributed by atoms with Gasteiger partial charge in [-0.25, -0.2) is 4.79 Å². The van der Waals surface area contributed by atoms with Gasteiger partial charge in [0.05, 0.1) is 6.61 Å². The van der Waals surface area contributed by atoms with Crippen LogP contribution in [-0.4, -0.2) is 59.4 Å². The molecule has 0 saturated heterocycles. The lowest BCUT2D eigenvalue weighted by Gasteiger charge is -2.28. The summed E-state index contributed by atoms with van der Waals surface area (Å²) in [6, 6.07) is 7.48. The van der Waals surface area contributed by atoms with E-state index in [1.165, 1.54) is 11.3 Å². The maximum absolute atomic E-state index is 12.4. The molecule has 8 nitrogen and oxygen atoms in total. The van der Waals surface area contributed by atoms with E-state index in [0.29, 0.717) is 18.3 Å². The van der Waals surface area contributed by atoms with Gasteiger partial charge in [-0.1, -0.05) is 39.4 Å². The van der Waals surface area contributed by atoms with E-state index in [9.17, 15) is 9.59 Å². The third kappa shape index (κ3) is 8.08. The zero-order chi connectivity index (χ0) is 21.4. The zero-order valence-corrected chi connectivity index (χ0v) is 19.4. The molecule has 0 radical (unpaired) electrons. The molecule has 0 bridgehead atoms. The molecule has 29 heavy (non-hydrogen) atoms. The number of hydrogen-bond donors (Lipinski definition) is 2. The van der Waals surface area contributed by atoms with Crippen molar-refractivity contribution >= 4 is 44.3 Å². The maximum Gasteiger partial charge on any atom is 0.317 e. The van der Waals surface area contributed by atoms with Crippen molar-refractivity contribution in [1.29, 1.82) is 0 Å². The number of anilines is 1. The minimum absolute atomic E-state index is 0.147. The normalized spacial score (nSPS) is 11.2. The van der Waals surface area contributed by atoms with Crippen LogP contribution in [0.2, 0.25) is 0 Å². The van der Waals surface area contributed by atoms with Gasteiger partial charge in [0.1, 0.15) is 5.01 Å². The van der Waals surface area contributed by atoms with Crippen molar-refractivity contribution in [2.45, 2.75) is 32.7 Å². The van der Waals surface area contributed by atoms with E-state index >= 15 is 0 Å². The van der Waals surface area contributed by atoms with Gasteiger partial charge in [-0.05, 0) is 32.9 Å². The van der Waals surface area contributed by atoms with Crippen LogP contribution in [0, 0.1) is 0 Å². The van der Waals surface area contributed by atoms with Crippen LogP contribution < -0.4 is 10.6 Å². The highest BCUT2D eigenvalue weighted by Crippen LogP contribution is 2.27. The van der Waals surface area contributed by atoms with E-state index < -0.39 is 0 Å². The van der Waals surface area contributed by atoms with Gasteiger partial charge in [-0.3, -0.25) is 4.79 Å². The summed E-state index contributed by atoms with van der Waals surface area (Å²) in [7, 11) is 1.57. The number of amides is 3. The van der Waals surface area contributed by atoms with Crippen LogP contribution in [0.1, 0.15) is 27.2 Å². The van der Waals surface area contributed by atoms with Crippen LogP contribution in [0.5, 0.6) is 0 Å². The van der Waals surface area contributed by atoms with Crippen molar-refractivity contribution in [3.63, 3.8) is 0 Å². The van der Waals surface area contributed by atoms with Crippen molar-refractivity contribution in [1.82, 2.24) is 20.4 Å². The lowest BCUT2D eigenvalue weighted by Crippen LogP contribution is -2.50. The Morgan fingerprint density at radius 1 is 1.17 bits per heavy atom. The van der Waals surface area contributed by atoms with Gasteiger partial charge in [-0.2, -0.15) is 0 Å². The molecule has 0 atom stereocenters. The van der Waals surface area contributed by atoms with Gasteiger partial charge in [0.2, 0.25) is 11.0 Å². The van der Waals surface area contributed by atoms with E-state index in [1.807, 2.05) is 45.0 Å². The van der Waals surface area contributed by atoms with E-state index in [1.54, 1.807) is 12.0 Å². The highest BCUT2D eigenvalue weighted by atomic mass is 79.9. The van der Waals surface area contributed by atoms with Crippen molar-refractivity contribution in [2.75, 3.05) is 32.1 Å². The lowest BCUT2D eigenvalue weighted by atomic mass is 10.1. The van der Waals surface area contributed by atoms with E-state index in [-0.39, 0.29) is 30.4 Å². The van der Waals surface area contributed by atoms with Gasteiger partial charge >= 0.3 is 6.03 Å². The van der Waals surface area contributed by atoms with Crippen LogP contribution in [0.3, 0.4) is 0 Å². The smallest absolute Gasteiger partial charge is 0.317 e. The van der Waals surface area contributed by atoms with Crippen LogP contribution in [-0.2, 0) is 9.53 Å². The summed E-state index contributed by atoms with van der Waals surface area (Å²) in [4.78, 5) is 26.3. The van der Waals surface area contributed by atoms with Gasteiger partial charge in [0.15, 0.2) is 0 Å². The number of halogens is 1. The number of urea groups is 1. The average Bonchev–Trinajstić information content (AvgIpc) is 3.09. The molecule has 2 aromatic rings. The van der Waals surface area contributed by atoms with E-state index in [4.69, 9.17) is 4.74 Å². The Balaban J connectivity index is 1.91. The Morgan fingerprint density at radius 2 is 1.86 bits per heavy atom. The molecule has 0 aliphatic carbocycles. The van der Waals surface area contributed by atoms with Gasteiger partial charge in [0.25, 0.3) is 0 Å². The first-order chi connectivity index (χ1) is 13.7. The molecule has 0 aliphatic rings. The monoisotopic (exact) mass is 483 g/mol. The number of hydrogen-bond acceptors (Lipinski definition) is 6. The fourth-order valence-electron chi connectivity index (χ4n) is 2.32. The molecule has 1 aromatic heterocycles. The summed E-state index contributed by atoms with van der Waals surface area (Å²) >= 11 is 4.70. The molecule has 0 aliphatic heterocycles. The highest BCUT2D eigenvalue weighted by molar-refractivity contribution is 9.10. The maximum atomic E-state index is 12.4. The molecule has 0 fully saturated rings. The molecular formula is C19H26BrN5O3S. The molecular weight excluding hydrogens is 458 g/mol. The molecule has 0 saturated carbocycles. The first-order valence-electron chi connectivity index (χ1n) is 9.13. The van der Waals surface area contributed by atoms with Crippen molar-refractivity contribution in [2.24, 2.45) is 0 Å². The Kier molecular flexibility index (Phi) is 8.54. The Bertz CT molecular complexity index is 820. The minimum atomic E-state index is -0.360. The lowest BCUT2D eigenvalue weighted by molar-refractivity contribution is -0.116. The fraction of sp³-hybridized carbons (Fsp3) is 0.474. The highest BCUT2D eigenvalue weighted by Gasteiger charge is 2.20. The number of carbonyl (C=O) groups excluding carboxylic acids is 2. The van der Waals surface area contributed by atoms with Gasteiger partial charge in [-0.15, -0.1) is 10.2 Å².